The summed E-state index contributed by atoms with van der Waals surface area (Å²) in [6.07, 6.45) is 0.801. The van der Waals surface area contributed by atoms with Crippen LogP contribution in [0.15, 0.2) is 45.8 Å². The Morgan fingerprint density at radius 1 is 1.28 bits per heavy atom. The Kier molecular flexibility index (Phi) is 4.80. The van der Waals surface area contributed by atoms with E-state index in [1.54, 1.807) is 19.9 Å². The van der Waals surface area contributed by atoms with Gasteiger partial charge in [-0.15, -0.1) is 0 Å². The van der Waals surface area contributed by atoms with Crippen molar-refractivity contribution in [2.75, 3.05) is 13.9 Å². The summed E-state index contributed by atoms with van der Waals surface area (Å²) < 4.78 is 35.7. The second kappa shape index (κ2) is 7.17. The molecular formula is C22H21FO6. The fourth-order valence-corrected chi connectivity index (χ4v) is 3.43. The number of hydrogen-bond acceptors (Lipinski definition) is 6. The first kappa shape index (κ1) is 19.4. The molecule has 1 aromatic heterocycles. The maximum absolute atomic E-state index is 13.3. The molecule has 152 valence electrons. The molecule has 3 aromatic rings. The molecule has 1 N–H and O–H groups in total. The van der Waals surface area contributed by atoms with Crippen LogP contribution in [0.25, 0.3) is 22.1 Å². The van der Waals surface area contributed by atoms with E-state index in [2.05, 4.69) is 0 Å². The van der Waals surface area contributed by atoms with Crippen LogP contribution in [0.1, 0.15) is 19.4 Å². The number of halogens is 1. The zero-order chi connectivity index (χ0) is 20.8. The molecule has 7 heteroatoms. The molecule has 0 saturated carbocycles. The fraction of sp³-hybridized carbons (Fsp3) is 0.318. The van der Waals surface area contributed by atoms with Gasteiger partial charge in [-0.1, -0.05) is 12.1 Å². The van der Waals surface area contributed by atoms with E-state index >= 15 is 0 Å². The van der Waals surface area contributed by atoms with Gasteiger partial charge in [0.05, 0.1) is 11.7 Å². The van der Waals surface area contributed by atoms with Gasteiger partial charge >= 0.3 is 0 Å². The van der Waals surface area contributed by atoms with Gasteiger partial charge in [-0.25, -0.2) is 4.39 Å². The van der Waals surface area contributed by atoms with Crippen molar-refractivity contribution in [3.05, 3.63) is 58.2 Å². The second-order valence-corrected chi connectivity index (χ2v) is 7.52. The number of rotatable bonds is 4. The van der Waals surface area contributed by atoms with Gasteiger partial charge in [-0.2, -0.15) is 0 Å². The molecule has 6 nitrogen and oxygen atoms in total. The number of aliphatic hydroxyl groups is 1. The van der Waals surface area contributed by atoms with Crippen LogP contribution in [0.3, 0.4) is 0 Å². The molecule has 2 heterocycles. The van der Waals surface area contributed by atoms with Crippen molar-refractivity contribution in [2.24, 2.45) is 0 Å². The summed E-state index contributed by atoms with van der Waals surface area (Å²) in [6, 6.07) is 7.20. The smallest absolute Gasteiger partial charge is 0.204 e. The van der Waals surface area contributed by atoms with Crippen LogP contribution < -0.4 is 14.9 Å². The average molecular weight is 400 g/mol. The maximum Gasteiger partial charge on any atom is 0.204 e. The molecule has 4 rings (SSSR count). The lowest BCUT2D eigenvalue weighted by atomic mass is 9.89. The average Bonchev–Trinajstić information content (AvgIpc) is 2.68. The first-order valence-electron chi connectivity index (χ1n) is 9.18. The molecule has 0 fully saturated rings. The summed E-state index contributed by atoms with van der Waals surface area (Å²) in [5.41, 5.74) is 0.476. The van der Waals surface area contributed by atoms with Crippen LogP contribution in [0.4, 0.5) is 4.39 Å². The van der Waals surface area contributed by atoms with E-state index in [0.29, 0.717) is 22.6 Å². The van der Waals surface area contributed by atoms with E-state index in [1.807, 2.05) is 0 Å². The van der Waals surface area contributed by atoms with Gasteiger partial charge in [-0.3, -0.25) is 4.79 Å². The zero-order valence-corrected chi connectivity index (χ0v) is 16.3. The summed E-state index contributed by atoms with van der Waals surface area (Å²) in [4.78, 5) is 13.3. The summed E-state index contributed by atoms with van der Waals surface area (Å²) >= 11 is 0. The predicted molar refractivity (Wildman–Crippen MR) is 105 cm³/mol. The van der Waals surface area contributed by atoms with E-state index in [1.165, 1.54) is 37.6 Å². The standard InChI is InChI=1S/C22H21FO6/c1-22(2)18(24)8-14-16(28-11-26-3)9-17-19(21(14)29-22)20(25)15(10-27-17)12-4-6-13(23)7-5-12/h4-7,9-10,18,24H,8,11H2,1-3H3. The number of hydrogen-bond donors (Lipinski definition) is 1. The highest BCUT2D eigenvalue weighted by Gasteiger charge is 2.39. The number of aliphatic hydroxyl groups excluding tert-OH is 1. The Bertz CT molecular complexity index is 1120. The first-order valence-corrected chi connectivity index (χ1v) is 9.18. The largest absolute Gasteiger partial charge is 0.484 e. The lowest BCUT2D eigenvalue weighted by molar-refractivity contribution is -0.0415. The third-order valence-electron chi connectivity index (χ3n) is 5.14. The van der Waals surface area contributed by atoms with Gasteiger partial charge in [0, 0.05) is 25.2 Å². The molecule has 0 amide bonds. The van der Waals surface area contributed by atoms with Crippen LogP contribution in [0.2, 0.25) is 0 Å². The number of fused-ring (bicyclic) bond motifs is 3. The van der Waals surface area contributed by atoms with Crippen molar-refractivity contribution in [1.82, 2.24) is 0 Å². The van der Waals surface area contributed by atoms with Gasteiger partial charge in [0.25, 0.3) is 0 Å². The molecule has 1 atom stereocenters. The number of benzene rings is 2. The van der Waals surface area contributed by atoms with E-state index in [9.17, 15) is 14.3 Å². The molecule has 29 heavy (non-hydrogen) atoms. The summed E-state index contributed by atoms with van der Waals surface area (Å²) in [5.74, 6) is 0.346. The van der Waals surface area contributed by atoms with Crippen LogP contribution in [-0.4, -0.2) is 30.7 Å². The Balaban J connectivity index is 1.98. The van der Waals surface area contributed by atoms with Crippen LogP contribution in [0.5, 0.6) is 11.5 Å². The topological polar surface area (TPSA) is 78.1 Å². The predicted octanol–water partition coefficient (Wildman–Crippen LogP) is 3.66. The van der Waals surface area contributed by atoms with E-state index in [-0.39, 0.29) is 35.2 Å². The third-order valence-corrected chi connectivity index (χ3v) is 5.14. The Morgan fingerprint density at radius 2 is 2.00 bits per heavy atom. The van der Waals surface area contributed by atoms with Crippen molar-refractivity contribution in [1.29, 1.82) is 0 Å². The van der Waals surface area contributed by atoms with E-state index in [0.717, 1.165) is 0 Å². The minimum absolute atomic E-state index is 0.00463. The third kappa shape index (κ3) is 3.36. The molecule has 1 aliphatic rings. The molecule has 0 radical (unpaired) electrons. The highest BCUT2D eigenvalue weighted by atomic mass is 19.1. The normalized spacial score (nSPS) is 17.6. The van der Waals surface area contributed by atoms with Gasteiger partial charge in [0.1, 0.15) is 40.1 Å². The van der Waals surface area contributed by atoms with Gasteiger partial charge in [0.2, 0.25) is 5.43 Å². The Labute approximate surface area is 166 Å². The van der Waals surface area contributed by atoms with E-state index in [4.69, 9.17) is 18.6 Å². The van der Waals surface area contributed by atoms with Crippen LogP contribution in [-0.2, 0) is 11.2 Å². The van der Waals surface area contributed by atoms with Crippen LogP contribution >= 0.6 is 0 Å². The maximum atomic E-state index is 13.3. The first-order chi connectivity index (χ1) is 13.8. The molecular weight excluding hydrogens is 379 g/mol. The van der Waals surface area contributed by atoms with Gasteiger partial charge < -0.3 is 23.7 Å². The summed E-state index contributed by atoms with van der Waals surface area (Å²) in [6.45, 7) is 3.50. The number of methoxy groups -OCH3 is 1. The molecule has 1 aliphatic heterocycles. The second-order valence-electron chi connectivity index (χ2n) is 7.52. The molecule has 0 spiro atoms. The van der Waals surface area contributed by atoms with Crippen molar-refractivity contribution >= 4 is 11.0 Å². The van der Waals surface area contributed by atoms with Crippen LogP contribution in [0, 0.1) is 5.82 Å². The molecule has 2 aromatic carbocycles. The monoisotopic (exact) mass is 400 g/mol. The minimum Gasteiger partial charge on any atom is -0.484 e. The summed E-state index contributed by atoms with van der Waals surface area (Å²) in [7, 11) is 1.50. The van der Waals surface area contributed by atoms with Crippen molar-refractivity contribution in [2.45, 2.75) is 32.0 Å². The van der Waals surface area contributed by atoms with E-state index < -0.39 is 17.5 Å². The lowest BCUT2D eigenvalue weighted by Crippen LogP contribution is -2.46. The quantitative estimate of drug-likeness (QED) is 0.674. The van der Waals surface area contributed by atoms with Crippen molar-refractivity contribution in [3.8, 4) is 22.6 Å². The zero-order valence-electron chi connectivity index (χ0n) is 16.3. The highest BCUT2D eigenvalue weighted by Crippen LogP contribution is 2.43. The number of ether oxygens (including phenoxy) is 3. The fourth-order valence-electron chi connectivity index (χ4n) is 3.43. The molecule has 0 bridgehead atoms. The minimum atomic E-state index is -0.905. The van der Waals surface area contributed by atoms with Gasteiger partial charge in [0.15, 0.2) is 6.79 Å². The highest BCUT2D eigenvalue weighted by molar-refractivity contribution is 5.90. The Hall–Kier alpha value is -2.90. The van der Waals surface area contributed by atoms with Crippen molar-refractivity contribution in [3.63, 3.8) is 0 Å². The summed E-state index contributed by atoms with van der Waals surface area (Å²) in [5, 5.41) is 10.7. The molecule has 1 unspecified atom stereocenters. The SMILES string of the molecule is COCOc1cc2occ(-c3ccc(F)cc3)c(=O)c2c2c1CC(O)C(C)(C)O2. The molecule has 0 aliphatic carbocycles. The van der Waals surface area contributed by atoms with Gasteiger partial charge in [-0.05, 0) is 31.5 Å². The lowest BCUT2D eigenvalue weighted by Gasteiger charge is -2.37. The molecule has 0 saturated heterocycles. The van der Waals surface area contributed by atoms with Crippen molar-refractivity contribution < 1.29 is 28.1 Å². The Morgan fingerprint density at radius 3 is 2.69 bits per heavy atom.